The van der Waals surface area contributed by atoms with Crippen molar-refractivity contribution in [1.29, 1.82) is 0 Å². The molecule has 8 nitrogen and oxygen atoms in total. The Hall–Kier alpha value is -3.68. The quantitative estimate of drug-likeness (QED) is 0.417. The van der Waals surface area contributed by atoms with Crippen LogP contribution in [0, 0.1) is 0 Å². The normalized spacial score (nSPS) is 14.0. The topological polar surface area (TPSA) is 89.5 Å². The molecule has 0 aliphatic carbocycles. The molecular formula is C21H18O8. The summed E-state index contributed by atoms with van der Waals surface area (Å²) < 4.78 is 31.9. The van der Waals surface area contributed by atoms with E-state index in [1.54, 1.807) is 36.4 Å². The monoisotopic (exact) mass is 398 g/mol. The highest BCUT2D eigenvalue weighted by atomic mass is 16.7. The van der Waals surface area contributed by atoms with E-state index >= 15 is 0 Å². The Bertz CT molecular complexity index is 962. The maximum absolute atomic E-state index is 12.2. The third kappa shape index (κ3) is 4.11. The molecule has 4 rings (SSSR count). The van der Waals surface area contributed by atoms with Crippen molar-refractivity contribution in [3.8, 4) is 28.7 Å². The summed E-state index contributed by atoms with van der Waals surface area (Å²) in [5.41, 5.74) is 1.05. The zero-order chi connectivity index (χ0) is 20.2. The zero-order valence-electron chi connectivity index (χ0n) is 15.6. The fraction of sp³-hybridized carbons (Fsp3) is 0.238. The number of carbonyl (C=O) groups excluding carboxylic acids is 2. The predicted octanol–water partition coefficient (Wildman–Crippen LogP) is 2.63. The smallest absolute Gasteiger partial charge is 0.331 e. The van der Waals surface area contributed by atoms with Crippen molar-refractivity contribution in [3.05, 3.63) is 47.5 Å². The zero-order valence-corrected chi connectivity index (χ0v) is 15.6. The number of hydrogen-bond donors (Lipinski definition) is 0. The fourth-order valence-electron chi connectivity index (χ4n) is 2.89. The van der Waals surface area contributed by atoms with Gasteiger partial charge in [-0.1, -0.05) is 0 Å². The Balaban J connectivity index is 1.37. The molecule has 0 atom stereocenters. The maximum Gasteiger partial charge on any atom is 0.331 e. The molecule has 0 fully saturated rings. The molecule has 0 amide bonds. The van der Waals surface area contributed by atoms with Crippen LogP contribution in [0.4, 0.5) is 0 Å². The Morgan fingerprint density at radius 2 is 1.83 bits per heavy atom. The first-order chi connectivity index (χ1) is 14.1. The molecule has 2 aromatic rings. The third-order valence-corrected chi connectivity index (χ3v) is 4.30. The van der Waals surface area contributed by atoms with Gasteiger partial charge >= 0.3 is 5.97 Å². The second kappa shape index (κ2) is 8.14. The summed E-state index contributed by atoms with van der Waals surface area (Å²) in [5, 5.41) is 0. The molecular weight excluding hydrogens is 380 g/mol. The molecule has 0 bridgehead atoms. The van der Waals surface area contributed by atoms with Gasteiger partial charge < -0.3 is 28.4 Å². The maximum atomic E-state index is 12.2. The molecule has 0 unspecified atom stereocenters. The van der Waals surface area contributed by atoms with Crippen molar-refractivity contribution >= 4 is 17.8 Å². The van der Waals surface area contributed by atoms with Crippen molar-refractivity contribution < 1.29 is 38.0 Å². The Labute approximate surface area is 166 Å². The summed E-state index contributed by atoms with van der Waals surface area (Å²) >= 11 is 0. The van der Waals surface area contributed by atoms with Crippen LogP contribution in [0.3, 0.4) is 0 Å². The summed E-state index contributed by atoms with van der Waals surface area (Å²) in [5.74, 6) is 1.67. The number of fused-ring (bicyclic) bond motifs is 2. The lowest BCUT2D eigenvalue weighted by Gasteiger charge is -2.20. The van der Waals surface area contributed by atoms with Crippen LogP contribution in [0.25, 0.3) is 6.08 Å². The van der Waals surface area contributed by atoms with Gasteiger partial charge in [0.05, 0.1) is 7.11 Å². The van der Waals surface area contributed by atoms with Gasteiger partial charge in [0.15, 0.2) is 35.4 Å². The number of carbonyl (C=O) groups is 2. The van der Waals surface area contributed by atoms with Gasteiger partial charge in [-0.15, -0.1) is 0 Å². The van der Waals surface area contributed by atoms with E-state index in [0.29, 0.717) is 53.1 Å². The average Bonchev–Trinajstić information content (AvgIpc) is 3.23. The molecule has 2 aliphatic rings. The number of rotatable bonds is 6. The average molecular weight is 398 g/mol. The molecule has 29 heavy (non-hydrogen) atoms. The summed E-state index contributed by atoms with van der Waals surface area (Å²) in [6.07, 6.45) is 2.78. The summed E-state index contributed by atoms with van der Waals surface area (Å²) in [6.45, 7) is 0.625. The summed E-state index contributed by atoms with van der Waals surface area (Å²) in [6, 6.07) is 8.26. The summed E-state index contributed by atoms with van der Waals surface area (Å²) in [7, 11) is 1.52. The van der Waals surface area contributed by atoms with Crippen LogP contribution in [-0.2, 0) is 9.53 Å². The molecule has 150 valence electrons. The molecule has 2 aromatic carbocycles. The SMILES string of the molecule is COc1cc(/C=C/C(=O)OCC(=O)c2ccc3c(c2)OCO3)cc2c1OCCO2. The molecule has 8 heteroatoms. The number of Topliss-reactive ketones (excluding diaryl/α,β-unsaturated/α-hetero) is 1. The van der Waals surface area contributed by atoms with Crippen molar-refractivity contribution in [3.63, 3.8) is 0 Å². The van der Waals surface area contributed by atoms with Crippen molar-refractivity contribution in [1.82, 2.24) is 0 Å². The van der Waals surface area contributed by atoms with Crippen molar-refractivity contribution in [2.24, 2.45) is 0 Å². The lowest BCUT2D eigenvalue weighted by molar-refractivity contribution is -0.136. The third-order valence-electron chi connectivity index (χ3n) is 4.30. The molecule has 0 spiro atoms. The van der Waals surface area contributed by atoms with E-state index in [2.05, 4.69) is 0 Å². The minimum Gasteiger partial charge on any atom is -0.493 e. The van der Waals surface area contributed by atoms with Gasteiger partial charge in [-0.05, 0) is 42.0 Å². The van der Waals surface area contributed by atoms with Crippen LogP contribution in [0.5, 0.6) is 28.7 Å². The van der Waals surface area contributed by atoms with Gasteiger partial charge in [0.25, 0.3) is 0 Å². The van der Waals surface area contributed by atoms with E-state index < -0.39 is 5.97 Å². The highest BCUT2D eigenvalue weighted by Crippen LogP contribution is 2.40. The predicted molar refractivity (Wildman–Crippen MR) is 101 cm³/mol. The van der Waals surface area contributed by atoms with Gasteiger partial charge in [-0.2, -0.15) is 0 Å². The van der Waals surface area contributed by atoms with Crippen LogP contribution in [0.15, 0.2) is 36.4 Å². The number of ketones is 1. The van der Waals surface area contributed by atoms with Crippen molar-refractivity contribution in [2.75, 3.05) is 33.7 Å². The van der Waals surface area contributed by atoms with Crippen molar-refractivity contribution in [2.45, 2.75) is 0 Å². The first-order valence-electron chi connectivity index (χ1n) is 8.89. The van der Waals surface area contributed by atoms with E-state index in [1.165, 1.54) is 13.2 Å². The molecule has 0 aromatic heterocycles. The van der Waals surface area contributed by atoms with E-state index in [-0.39, 0.29) is 19.2 Å². The van der Waals surface area contributed by atoms with E-state index in [9.17, 15) is 9.59 Å². The second-order valence-electron chi connectivity index (χ2n) is 6.18. The van der Waals surface area contributed by atoms with Gasteiger partial charge in [-0.25, -0.2) is 4.79 Å². The van der Waals surface area contributed by atoms with Crippen LogP contribution >= 0.6 is 0 Å². The van der Waals surface area contributed by atoms with E-state index in [0.717, 1.165) is 0 Å². The van der Waals surface area contributed by atoms with Gasteiger partial charge in [0, 0.05) is 11.6 Å². The molecule has 2 heterocycles. The number of esters is 1. The Morgan fingerprint density at radius 3 is 2.69 bits per heavy atom. The lowest BCUT2D eigenvalue weighted by atomic mass is 10.1. The molecule has 0 radical (unpaired) electrons. The first-order valence-corrected chi connectivity index (χ1v) is 8.89. The number of benzene rings is 2. The molecule has 0 saturated carbocycles. The minimum absolute atomic E-state index is 0.122. The Morgan fingerprint density at radius 1 is 1.00 bits per heavy atom. The lowest BCUT2D eigenvalue weighted by Crippen LogP contribution is -2.16. The van der Waals surface area contributed by atoms with Crippen LogP contribution < -0.4 is 23.7 Å². The van der Waals surface area contributed by atoms with Gasteiger partial charge in [0.2, 0.25) is 12.5 Å². The first kappa shape index (κ1) is 18.7. The Kier molecular flexibility index (Phi) is 5.24. The van der Waals surface area contributed by atoms with Crippen LogP contribution in [0.2, 0.25) is 0 Å². The standard InChI is InChI=1S/C21H18O8/c1-24-18-8-13(9-19-21(18)26-7-6-25-19)2-5-20(23)27-11-15(22)14-3-4-16-17(10-14)29-12-28-16/h2-5,8-10H,6-7,11-12H2,1H3/b5-2+. The van der Waals surface area contributed by atoms with Gasteiger partial charge in [-0.3, -0.25) is 4.79 Å². The van der Waals surface area contributed by atoms with Gasteiger partial charge in [0.1, 0.15) is 13.2 Å². The van der Waals surface area contributed by atoms with E-state index in [4.69, 9.17) is 28.4 Å². The fourth-order valence-corrected chi connectivity index (χ4v) is 2.89. The summed E-state index contributed by atoms with van der Waals surface area (Å²) in [4.78, 5) is 24.2. The number of hydrogen-bond acceptors (Lipinski definition) is 8. The number of methoxy groups -OCH3 is 1. The highest BCUT2D eigenvalue weighted by Gasteiger charge is 2.19. The second-order valence-corrected chi connectivity index (χ2v) is 6.18. The molecule has 0 saturated heterocycles. The molecule has 2 aliphatic heterocycles. The molecule has 0 N–H and O–H groups in total. The highest BCUT2D eigenvalue weighted by molar-refractivity contribution is 5.99. The van der Waals surface area contributed by atoms with Crippen LogP contribution in [0.1, 0.15) is 15.9 Å². The largest absolute Gasteiger partial charge is 0.493 e. The number of ether oxygens (including phenoxy) is 6. The van der Waals surface area contributed by atoms with E-state index in [1.807, 2.05) is 0 Å². The van der Waals surface area contributed by atoms with Crippen LogP contribution in [-0.4, -0.2) is 45.5 Å². The minimum atomic E-state index is -0.645.